The largest absolute Gasteiger partial charge is 0.356 e. The van der Waals surface area contributed by atoms with E-state index in [0.717, 1.165) is 0 Å². The number of nitrogens with one attached hydrogen (secondary N) is 4. The first-order valence-electron chi connectivity index (χ1n) is 6.14. The Morgan fingerprint density at radius 2 is 0.895 bits per heavy atom. The van der Waals surface area contributed by atoms with E-state index in [0.29, 0.717) is 0 Å². The zero-order valence-electron chi connectivity index (χ0n) is 10.6. The first kappa shape index (κ1) is 14.9. The molecular weight excluding hydrogens is 252 g/mol. The highest BCUT2D eigenvalue weighted by atomic mass is 16.2. The highest BCUT2D eigenvalue weighted by Crippen LogP contribution is 1.84. The van der Waals surface area contributed by atoms with Crippen LogP contribution < -0.4 is 21.3 Å². The second-order valence-electron chi connectivity index (χ2n) is 4.08. The summed E-state index contributed by atoms with van der Waals surface area (Å²) in [7, 11) is 0. The molecule has 8 nitrogen and oxygen atoms in total. The Bertz CT molecular complexity index is 336. The molecule has 1 aliphatic rings. The van der Waals surface area contributed by atoms with Crippen LogP contribution in [-0.4, -0.2) is 49.8 Å². The first-order chi connectivity index (χ1) is 9.08. The molecule has 1 saturated heterocycles. The molecule has 0 spiro atoms. The van der Waals surface area contributed by atoms with Crippen molar-refractivity contribution >= 4 is 23.6 Å². The maximum Gasteiger partial charge on any atom is 0.239 e. The lowest BCUT2D eigenvalue weighted by Crippen LogP contribution is -2.38. The number of rotatable bonds is 0. The minimum absolute atomic E-state index is 0.116. The zero-order chi connectivity index (χ0) is 14.1. The molecule has 106 valence electrons. The van der Waals surface area contributed by atoms with Crippen molar-refractivity contribution in [3.8, 4) is 0 Å². The number of hydrogen-bond acceptors (Lipinski definition) is 4. The Morgan fingerprint density at radius 1 is 0.526 bits per heavy atom. The van der Waals surface area contributed by atoms with Gasteiger partial charge in [0.1, 0.15) is 0 Å². The van der Waals surface area contributed by atoms with E-state index in [1.165, 1.54) is 0 Å². The summed E-state index contributed by atoms with van der Waals surface area (Å²) >= 11 is 0. The Balaban J connectivity index is 2.45. The van der Waals surface area contributed by atoms with Crippen LogP contribution in [0.25, 0.3) is 0 Å². The topological polar surface area (TPSA) is 116 Å². The molecule has 0 aromatic rings. The van der Waals surface area contributed by atoms with Crippen molar-refractivity contribution in [1.82, 2.24) is 21.3 Å². The van der Waals surface area contributed by atoms with Crippen LogP contribution in [-0.2, 0) is 19.2 Å². The van der Waals surface area contributed by atoms with Crippen LogP contribution in [0.15, 0.2) is 0 Å². The molecule has 1 fully saturated rings. The Labute approximate surface area is 110 Å². The fraction of sp³-hybridized carbons (Fsp3) is 0.636. The summed E-state index contributed by atoms with van der Waals surface area (Å²) in [6.07, 6.45) is 0.423. The molecule has 0 aliphatic carbocycles. The van der Waals surface area contributed by atoms with Crippen molar-refractivity contribution in [3.05, 3.63) is 0 Å². The van der Waals surface area contributed by atoms with E-state index in [1.54, 1.807) is 0 Å². The number of carbonyl (C=O) groups excluding carboxylic acids is 4. The predicted octanol–water partition coefficient (Wildman–Crippen LogP) is -2.36. The van der Waals surface area contributed by atoms with Crippen molar-refractivity contribution in [3.63, 3.8) is 0 Å². The molecule has 19 heavy (non-hydrogen) atoms. The van der Waals surface area contributed by atoms with Gasteiger partial charge in [-0.2, -0.15) is 0 Å². The smallest absolute Gasteiger partial charge is 0.239 e. The summed E-state index contributed by atoms with van der Waals surface area (Å²) < 4.78 is 0. The summed E-state index contributed by atoms with van der Waals surface area (Å²) in [5, 5.41) is 10.1. The first-order valence-corrected chi connectivity index (χ1v) is 6.14. The zero-order valence-corrected chi connectivity index (χ0v) is 10.6. The normalized spacial score (nSPS) is 20.2. The average Bonchev–Trinajstić information content (AvgIpc) is 2.36. The molecule has 4 amide bonds. The van der Waals surface area contributed by atoms with Crippen LogP contribution in [0.3, 0.4) is 0 Å². The number of hydrogen-bond donors (Lipinski definition) is 4. The molecule has 0 bridgehead atoms. The van der Waals surface area contributed by atoms with Crippen LogP contribution in [0.1, 0.15) is 19.3 Å². The van der Waals surface area contributed by atoms with Crippen molar-refractivity contribution in [1.29, 1.82) is 0 Å². The lowest BCUT2D eigenvalue weighted by Gasteiger charge is -2.06. The molecular formula is C11H18N4O4. The lowest BCUT2D eigenvalue weighted by atomic mass is 10.3. The van der Waals surface area contributed by atoms with Crippen LogP contribution in [0.4, 0.5) is 0 Å². The minimum Gasteiger partial charge on any atom is -0.356 e. The van der Waals surface area contributed by atoms with E-state index >= 15 is 0 Å². The number of carbonyl (C=O) groups is 4. The van der Waals surface area contributed by atoms with Gasteiger partial charge in [-0.25, -0.2) is 0 Å². The Kier molecular flexibility index (Phi) is 6.34. The van der Waals surface area contributed by atoms with Crippen molar-refractivity contribution in [2.45, 2.75) is 19.3 Å². The quantitative estimate of drug-likeness (QED) is 0.394. The highest BCUT2D eigenvalue weighted by Gasteiger charge is 2.09. The van der Waals surface area contributed by atoms with Crippen LogP contribution in [0, 0.1) is 0 Å². The van der Waals surface area contributed by atoms with E-state index < -0.39 is 0 Å². The third-order valence-corrected chi connectivity index (χ3v) is 2.47. The van der Waals surface area contributed by atoms with Crippen molar-refractivity contribution in [2.75, 3.05) is 26.2 Å². The molecule has 0 aromatic carbocycles. The van der Waals surface area contributed by atoms with Gasteiger partial charge in [-0.15, -0.1) is 0 Å². The molecule has 0 atom stereocenters. The van der Waals surface area contributed by atoms with Gasteiger partial charge in [-0.05, 0) is 0 Å². The molecule has 1 aliphatic heterocycles. The average molecular weight is 270 g/mol. The third-order valence-electron chi connectivity index (χ3n) is 2.47. The third kappa shape index (κ3) is 7.02. The Hall–Kier alpha value is -2.12. The molecule has 0 unspecified atom stereocenters. The lowest BCUT2D eigenvalue weighted by molar-refractivity contribution is -0.126. The molecule has 1 rings (SSSR count). The molecule has 0 radical (unpaired) electrons. The van der Waals surface area contributed by atoms with Gasteiger partial charge in [0.2, 0.25) is 23.6 Å². The summed E-state index contributed by atoms with van der Waals surface area (Å²) in [5.41, 5.74) is 0. The Morgan fingerprint density at radius 3 is 1.37 bits per heavy atom. The standard InChI is InChI=1S/C11H18N4O4/c16-8-1-4-12-9(17)2-6-14-11(19)7-15-10(18)3-5-13-8/h1-7H2,(H,12,17)(H,13,16)(H,14,19)(H,15,18). The van der Waals surface area contributed by atoms with Crippen molar-refractivity contribution in [2.24, 2.45) is 0 Å². The summed E-state index contributed by atoms with van der Waals surface area (Å²) in [4.78, 5) is 45.3. The second kappa shape index (κ2) is 8.06. The maximum atomic E-state index is 11.3. The van der Waals surface area contributed by atoms with Crippen LogP contribution in [0.2, 0.25) is 0 Å². The van der Waals surface area contributed by atoms with Gasteiger partial charge in [0.15, 0.2) is 0 Å². The van der Waals surface area contributed by atoms with Gasteiger partial charge in [-0.3, -0.25) is 19.2 Å². The van der Waals surface area contributed by atoms with Gasteiger partial charge in [0, 0.05) is 38.9 Å². The minimum atomic E-state index is -0.347. The molecule has 4 N–H and O–H groups in total. The van der Waals surface area contributed by atoms with Gasteiger partial charge in [0.25, 0.3) is 0 Å². The van der Waals surface area contributed by atoms with E-state index in [-0.39, 0.29) is 69.1 Å². The van der Waals surface area contributed by atoms with Gasteiger partial charge < -0.3 is 21.3 Å². The van der Waals surface area contributed by atoms with E-state index in [2.05, 4.69) is 21.3 Å². The summed E-state index contributed by atoms with van der Waals surface area (Å²) in [5.74, 6) is -1.11. The predicted molar refractivity (Wildman–Crippen MR) is 65.9 cm³/mol. The summed E-state index contributed by atoms with van der Waals surface area (Å²) in [6.45, 7) is 0.520. The van der Waals surface area contributed by atoms with Crippen LogP contribution in [0.5, 0.6) is 0 Å². The van der Waals surface area contributed by atoms with Gasteiger partial charge >= 0.3 is 0 Å². The van der Waals surface area contributed by atoms with E-state index in [9.17, 15) is 19.2 Å². The van der Waals surface area contributed by atoms with E-state index in [1.807, 2.05) is 0 Å². The molecule has 0 aromatic heterocycles. The molecule has 0 saturated carbocycles. The van der Waals surface area contributed by atoms with E-state index in [4.69, 9.17) is 0 Å². The summed E-state index contributed by atoms with van der Waals surface area (Å²) in [6, 6.07) is 0. The second-order valence-corrected chi connectivity index (χ2v) is 4.08. The van der Waals surface area contributed by atoms with Crippen molar-refractivity contribution < 1.29 is 19.2 Å². The highest BCUT2D eigenvalue weighted by molar-refractivity contribution is 5.85. The fourth-order valence-electron chi connectivity index (χ4n) is 1.45. The van der Waals surface area contributed by atoms with Gasteiger partial charge in [-0.1, -0.05) is 0 Å². The molecule has 1 heterocycles. The van der Waals surface area contributed by atoms with Gasteiger partial charge in [0.05, 0.1) is 6.54 Å². The number of amides is 4. The monoisotopic (exact) mass is 270 g/mol. The maximum absolute atomic E-state index is 11.3. The SMILES string of the molecule is O=C1CCNC(=O)CNC(=O)CCNC(=O)CCN1. The fourth-order valence-corrected chi connectivity index (χ4v) is 1.45. The van der Waals surface area contributed by atoms with Crippen LogP contribution >= 0.6 is 0 Å². The molecule has 8 heteroatoms.